The SMILES string of the molecule is c1cc2c(cc1Nc1ncc3c(n1)CNCC3)CCOC2. The van der Waals surface area contributed by atoms with Crippen LogP contribution in [0.1, 0.15) is 22.4 Å². The average Bonchev–Trinajstić information content (AvgIpc) is 2.55. The van der Waals surface area contributed by atoms with Crippen LogP contribution < -0.4 is 10.6 Å². The Balaban J connectivity index is 1.58. The van der Waals surface area contributed by atoms with Gasteiger partial charge in [0, 0.05) is 18.4 Å². The predicted molar refractivity (Wildman–Crippen MR) is 80.5 cm³/mol. The van der Waals surface area contributed by atoms with Crippen molar-refractivity contribution in [2.24, 2.45) is 0 Å². The number of benzene rings is 1. The molecule has 3 heterocycles. The van der Waals surface area contributed by atoms with E-state index in [4.69, 9.17) is 4.74 Å². The topological polar surface area (TPSA) is 59.1 Å². The molecule has 2 aromatic rings. The summed E-state index contributed by atoms with van der Waals surface area (Å²) in [6.07, 6.45) is 3.92. The molecule has 0 saturated heterocycles. The summed E-state index contributed by atoms with van der Waals surface area (Å²) >= 11 is 0. The Bertz CT molecular complexity index is 614. The van der Waals surface area contributed by atoms with Crippen molar-refractivity contribution in [3.05, 3.63) is 46.8 Å². The monoisotopic (exact) mass is 282 g/mol. The molecule has 5 nitrogen and oxygen atoms in total. The zero-order chi connectivity index (χ0) is 14.1. The number of nitrogens with one attached hydrogen (secondary N) is 2. The highest BCUT2D eigenvalue weighted by Gasteiger charge is 2.13. The van der Waals surface area contributed by atoms with E-state index >= 15 is 0 Å². The number of fused-ring (bicyclic) bond motifs is 2. The minimum atomic E-state index is 0.671. The molecule has 2 N–H and O–H groups in total. The summed E-state index contributed by atoms with van der Waals surface area (Å²) in [5, 5.41) is 6.65. The summed E-state index contributed by atoms with van der Waals surface area (Å²) in [4.78, 5) is 9.04. The molecule has 21 heavy (non-hydrogen) atoms. The summed E-state index contributed by atoms with van der Waals surface area (Å²) in [5.74, 6) is 0.671. The van der Waals surface area contributed by atoms with Crippen molar-refractivity contribution in [2.75, 3.05) is 18.5 Å². The maximum atomic E-state index is 5.46. The zero-order valence-corrected chi connectivity index (χ0v) is 11.9. The molecule has 0 amide bonds. The standard InChI is InChI=1S/C16H18N4O/c1-2-14(7-11-4-6-21-10-13(1)11)19-16-18-8-12-3-5-17-9-15(12)20-16/h1-2,7-8,17H,3-6,9-10H2,(H,18,19,20). The Morgan fingerprint density at radius 3 is 3.14 bits per heavy atom. The van der Waals surface area contributed by atoms with Crippen LogP contribution in [0.5, 0.6) is 0 Å². The van der Waals surface area contributed by atoms with Crippen LogP contribution in [0, 0.1) is 0 Å². The highest BCUT2D eigenvalue weighted by molar-refractivity contribution is 5.56. The first-order valence-electron chi connectivity index (χ1n) is 7.40. The van der Waals surface area contributed by atoms with Gasteiger partial charge in [-0.2, -0.15) is 0 Å². The van der Waals surface area contributed by atoms with E-state index in [2.05, 4.69) is 38.8 Å². The first-order valence-corrected chi connectivity index (χ1v) is 7.40. The van der Waals surface area contributed by atoms with Crippen molar-refractivity contribution in [3.63, 3.8) is 0 Å². The van der Waals surface area contributed by atoms with E-state index in [1.165, 1.54) is 16.7 Å². The Hall–Kier alpha value is -1.98. The number of anilines is 2. The van der Waals surface area contributed by atoms with E-state index in [1.807, 2.05) is 6.20 Å². The lowest BCUT2D eigenvalue weighted by molar-refractivity contribution is 0.111. The number of ether oxygens (including phenoxy) is 1. The van der Waals surface area contributed by atoms with Crippen LogP contribution in [0.4, 0.5) is 11.6 Å². The first-order chi connectivity index (χ1) is 10.4. The van der Waals surface area contributed by atoms with Gasteiger partial charge < -0.3 is 15.4 Å². The van der Waals surface area contributed by atoms with Gasteiger partial charge in [0.15, 0.2) is 0 Å². The second-order valence-corrected chi connectivity index (χ2v) is 5.50. The molecule has 0 aliphatic carbocycles. The first kappa shape index (κ1) is 12.7. The van der Waals surface area contributed by atoms with Crippen molar-refractivity contribution in [3.8, 4) is 0 Å². The second-order valence-electron chi connectivity index (χ2n) is 5.50. The third-order valence-electron chi connectivity index (χ3n) is 4.05. The molecule has 0 bridgehead atoms. The summed E-state index contributed by atoms with van der Waals surface area (Å²) in [7, 11) is 0. The average molecular weight is 282 g/mol. The van der Waals surface area contributed by atoms with Crippen LogP contribution >= 0.6 is 0 Å². The molecule has 0 saturated carbocycles. The lowest BCUT2D eigenvalue weighted by atomic mass is 10.0. The van der Waals surface area contributed by atoms with E-state index < -0.39 is 0 Å². The Kier molecular flexibility index (Phi) is 3.29. The van der Waals surface area contributed by atoms with E-state index in [9.17, 15) is 0 Å². The van der Waals surface area contributed by atoms with E-state index in [1.54, 1.807) is 0 Å². The van der Waals surface area contributed by atoms with Crippen molar-refractivity contribution < 1.29 is 4.74 Å². The van der Waals surface area contributed by atoms with Crippen LogP contribution in [-0.2, 0) is 30.7 Å². The van der Waals surface area contributed by atoms with Crippen LogP contribution in [0.3, 0.4) is 0 Å². The Morgan fingerprint density at radius 1 is 1.14 bits per heavy atom. The highest BCUT2D eigenvalue weighted by atomic mass is 16.5. The molecule has 0 spiro atoms. The Labute approximate surface area is 123 Å². The van der Waals surface area contributed by atoms with Gasteiger partial charge in [-0.25, -0.2) is 9.97 Å². The third-order valence-corrected chi connectivity index (χ3v) is 4.05. The van der Waals surface area contributed by atoms with Gasteiger partial charge in [0.2, 0.25) is 5.95 Å². The maximum absolute atomic E-state index is 5.46. The predicted octanol–water partition coefficient (Wildman–Crippen LogP) is 1.94. The van der Waals surface area contributed by atoms with Crippen molar-refractivity contribution >= 4 is 11.6 Å². The van der Waals surface area contributed by atoms with Crippen LogP contribution in [0.25, 0.3) is 0 Å². The van der Waals surface area contributed by atoms with E-state index in [-0.39, 0.29) is 0 Å². The summed E-state index contributed by atoms with van der Waals surface area (Å²) in [5.41, 5.74) is 6.03. The maximum Gasteiger partial charge on any atom is 0.227 e. The van der Waals surface area contributed by atoms with Crippen LogP contribution in [-0.4, -0.2) is 23.1 Å². The lowest BCUT2D eigenvalue weighted by Crippen LogP contribution is -2.25. The molecule has 4 rings (SSSR count). The van der Waals surface area contributed by atoms with E-state index in [0.29, 0.717) is 5.95 Å². The molecule has 1 aromatic carbocycles. The smallest absolute Gasteiger partial charge is 0.227 e. The van der Waals surface area contributed by atoms with Gasteiger partial charge in [0.05, 0.1) is 18.9 Å². The molecular weight excluding hydrogens is 264 g/mol. The van der Waals surface area contributed by atoms with Gasteiger partial charge in [-0.15, -0.1) is 0 Å². The molecule has 2 aliphatic rings. The molecule has 0 unspecified atom stereocenters. The van der Waals surface area contributed by atoms with Crippen LogP contribution in [0.2, 0.25) is 0 Å². The number of nitrogens with zero attached hydrogens (tertiary/aromatic N) is 2. The normalized spacial score (nSPS) is 17.0. The van der Waals surface area contributed by atoms with Gasteiger partial charge in [0.25, 0.3) is 0 Å². The number of aromatic nitrogens is 2. The van der Waals surface area contributed by atoms with Gasteiger partial charge in [0.1, 0.15) is 0 Å². The van der Waals surface area contributed by atoms with Crippen molar-refractivity contribution in [2.45, 2.75) is 26.0 Å². The molecular formula is C16H18N4O. The van der Waals surface area contributed by atoms with Crippen molar-refractivity contribution in [1.29, 1.82) is 0 Å². The van der Waals surface area contributed by atoms with Gasteiger partial charge >= 0.3 is 0 Å². The minimum Gasteiger partial charge on any atom is -0.376 e. The minimum absolute atomic E-state index is 0.671. The molecule has 1 aromatic heterocycles. The molecule has 108 valence electrons. The Morgan fingerprint density at radius 2 is 2.14 bits per heavy atom. The number of rotatable bonds is 2. The fourth-order valence-corrected chi connectivity index (χ4v) is 2.86. The molecule has 0 atom stereocenters. The lowest BCUT2D eigenvalue weighted by Gasteiger charge is -2.18. The van der Waals surface area contributed by atoms with Gasteiger partial charge in [-0.1, -0.05) is 6.07 Å². The second kappa shape index (κ2) is 5.42. The van der Waals surface area contributed by atoms with E-state index in [0.717, 1.165) is 50.5 Å². The molecule has 2 aliphatic heterocycles. The largest absolute Gasteiger partial charge is 0.376 e. The number of hydrogen-bond acceptors (Lipinski definition) is 5. The summed E-state index contributed by atoms with van der Waals surface area (Å²) in [6.45, 7) is 3.36. The van der Waals surface area contributed by atoms with Gasteiger partial charge in [-0.3, -0.25) is 0 Å². The van der Waals surface area contributed by atoms with Crippen LogP contribution in [0.15, 0.2) is 24.4 Å². The fourth-order valence-electron chi connectivity index (χ4n) is 2.86. The molecule has 5 heteroatoms. The van der Waals surface area contributed by atoms with Gasteiger partial charge in [-0.05, 0) is 48.2 Å². The highest BCUT2D eigenvalue weighted by Crippen LogP contribution is 2.23. The third kappa shape index (κ3) is 2.62. The summed E-state index contributed by atoms with van der Waals surface area (Å²) in [6, 6.07) is 6.37. The number of hydrogen-bond donors (Lipinski definition) is 2. The zero-order valence-electron chi connectivity index (χ0n) is 11.9. The summed E-state index contributed by atoms with van der Waals surface area (Å²) < 4.78 is 5.46. The van der Waals surface area contributed by atoms with Crippen molar-refractivity contribution in [1.82, 2.24) is 15.3 Å². The fraction of sp³-hybridized carbons (Fsp3) is 0.375. The molecule has 0 radical (unpaired) electrons. The molecule has 0 fully saturated rings. The quantitative estimate of drug-likeness (QED) is 0.881.